The maximum absolute atomic E-state index is 11.1. The molecule has 0 aromatic carbocycles. The number of hydrogen-bond acceptors (Lipinski definition) is 3. The highest BCUT2D eigenvalue weighted by Crippen LogP contribution is 2.11. The number of nitrogens with one attached hydrogen (secondary N) is 2. The Labute approximate surface area is 90.0 Å². The summed E-state index contributed by atoms with van der Waals surface area (Å²) >= 11 is 0. The van der Waals surface area contributed by atoms with Gasteiger partial charge in [-0.15, -0.1) is 0 Å². The summed E-state index contributed by atoms with van der Waals surface area (Å²) in [7, 11) is 0. The third-order valence-corrected chi connectivity index (χ3v) is 2.22. The average molecular weight is 210 g/mol. The Morgan fingerprint density at radius 3 is 3.00 bits per heavy atom. The molecule has 0 spiro atoms. The van der Waals surface area contributed by atoms with E-state index in [1.807, 2.05) is 19.9 Å². The standard InChI is InChI=1S/C11H18N2O2/c1-3-12-11(14)4-6-13-9(2)10-5-7-15-8-10/h5,7-9,13H,3-4,6H2,1-2H3,(H,12,14). The van der Waals surface area contributed by atoms with Crippen molar-refractivity contribution in [2.24, 2.45) is 0 Å². The van der Waals surface area contributed by atoms with Crippen LogP contribution in [-0.2, 0) is 4.79 Å². The Balaban J connectivity index is 2.18. The summed E-state index contributed by atoms with van der Waals surface area (Å²) in [4.78, 5) is 11.1. The van der Waals surface area contributed by atoms with Crippen LogP contribution in [0.1, 0.15) is 31.9 Å². The Kier molecular flexibility index (Phi) is 4.90. The number of hydrogen-bond donors (Lipinski definition) is 2. The monoisotopic (exact) mass is 210 g/mol. The second-order valence-electron chi connectivity index (χ2n) is 3.44. The molecule has 0 aliphatic rings. The zero-order valence-electron chi connectivity index (χ0n) is 9.25. The van der Waals surface area contributed by atoms with E-state index in [0.717, 1.165) is 5.56 Å². The lowest BCUT2D eigenvalue weighted by molar-refractivity contribution is -0.120. The van der Waals surface area contributed by atoms with E-state index < -0.39 is 0 Å². The van der Waals surface area contributed by atoms with Crippen molar-refractivity contribution in [1.29, 1.82) is 0 Å². The molecule has 0 aliphatic carbocycles. The summed E-state index contributed by atoms with van der Waals surface area (Å²) in [5.41, 5.74) is 1.10. The largest absolute Gasteiger partial charge is 0.472 e. The predicted octanol–water partition coefficient (Wildman–Crippen LogP) is 1.46. The van der Waals surface area contributed by atoms with Crippen LogP contribution in [0.3, 0.4) is 0 Å². The van der Waals surface area contributed by atoms with Crippen LogP contribution in [0.15, 0.2) is 23.0 Å². The van der Waals surface area contributed by atoms with E-state index >= 15 is 0 Å². The first-order chi connectivity index (χ1) is 7.24. The van der Waals surface area contributed by atoms with Gasteiger partial charge in [0.15, 0.2) is 0 Å². The van der Waals surface area contributed by atoms with Crippen molar-refractivity contribution in [2.75, 3.05) is 13.1 Å². The van der Waals surface area contributed by atoms with Gasteiger partial charge >= 0.3 is 0 Å². The molecule has 2 N–H and O–H groups in total. The first-order valence-corrected chi connectivity index (χ1v) is 5.26. The van der Waals surface area contributed by atoms with Crippen molar-refractivity contribution >= 4 is 5.91 Å². The van der Waals surface area contributed by atoms with Gasteiger partial charge in [-0.25, -0.2) is 0 Å². The van der Waals surface area contributed by atoms with Crippen molar-refractivity contribution < 1.29 is 9.21 Å². The number of furan rings is 1. The SMILES string of the molecule is CCNC(=O)CCNC(C)c1ccoc1. The summed E-state index contributed by atoms with van der Waals surface area (Å²) in [6.45, 7) is 5.33. The molecule has 84 valence electrons. The average Bonchev–Trinajstić information content (AvgIpc) is 2.70. The smallest absolute Gasteiger partial charge is 0.221 e. The highest BCUT2D eigenvalue weighted by atomic mass is 16.3. The summed E-state index contributed by atoms with van der Waals surface area (Å²) in [5, 5.41) is 6.01. The summed E-state index contributed by atoms with van der Waals surface area (Å²) < 4.78 is 4.98. The van der Waals surface area contributed by atoms with Crippen LogP contribution in [0.4, 0.5) is 0 Å². The molecule has 1 heterocycles. The fraction of sp³-hybridized carbons (Fsp3) is 0.545. The van der Waals surface area contributed by atoms with Crippen LogP contribution in [0.25, 0.3) is 0 Å². The Morgan fingerprint density at radius 1 is 1.60 bits per heavy atom. The molecule has 1 atom stereocenters. The molecule has 1 aromatic rings. The molecule has 4 heteroatoms. The van der Waals surface area contributed by atoms with E-state index in [9.17, 15) is 4.79 Å². The van der Waals surface area contributed by atoms with Crippen molar-refractivity contribution in [3.05, 3.63) is 24.2 Å². The van der Waals surface area contributed by atoms with Crippen LogP contribution in [0.2, 0.25) is 0 Å². The molecular weight excluding hydrogens is 192 g/mol. The molecule has 0 aliphatic heterocycles. The predicted molar refractivity (Wildman–Crippen MR) is 58.4 cm³/mol. The van der Waals surface area contributed by atoms with E-state index in [-0.39, 0.29) is 11.9 Å². The van der Waals surface area contributed by atoms with Gasteiger partial charge in [-0.3, -0.25) is 4.79 Å². The van der Waals surface area contributed by atoms with Gasteiger partial charge in [0, 0.05) is 31.1 Å². The lowest BCUT2D eigenvalue weighted by Crippen LogP contribution is -2.28. The maximum Gasteiger partial charge on any atom is 0.221 e. The van der Waals surface area contributed by atoms with Gasteiger partial charge in [0.2, 0.25) is 5.91 Å². The molecule has 1 unspecified atom stereocenters. The van der Waals surface area contributed by atoms with Gasteiger partial charge in [-0.2, -0.15) is 0 Å². The minimum Gasteiger partial charge on any atom is -0.472 e. The minimum atomic E-state index is 0.0874. The lowest BCUT2D eigenvalue weighted by atomic mass is 10.2. The van der Waals surface area contributed by atoms with Gasteiger partial charge < -0.3 is 15.1 Å². The topological polar surface area (TPSA) is 54.3 Å². The number of carbonyl (C=O) groups is 1. The zero-order valence-corrected chi connectivity index (χ0v) is 9.25. The fourth-order valence-corrected chi connectivity index (χ4v) is 1.33. The van der Waals surface area contributed by atoms with Gasteiger partial charge in [0.1, 0.15) is 0 Å². The second-order valence-corrected chi connectivity index (χ2v) is 3.44. The number of carbonyl (C=O) groups excluding carboxylic acids is 1. The van der Waals surface area contributed by atoms with Crippen molar-refractivity contribution in [1.82, 2.24) is 10.6 Å². The Morgan fingerprint density at radius 2 is 2.40 bits per heavy atom. The Hall–Kier alpha value is -1.29. The third kappa shape index (κ3) is 4.16. The first-order valence-electron chi connectivity index (χ1n) is 5.26. The molecule has 0 saturated heterocycles. The molecule has 0 bridgehead atoms. The second kappa shape index (κ2) is 6.24. The zero-order chi connectivity index (χ0) is 11.1. The van der Waals surface area contributed by atoms with E-state index in [1.54, 1.807) is 12.5 Å². The highest BCUT2D eigenvalue weighted by Gasteiger charge is 2.06. The molecule has 4 nitrogen and oxygen atoms in total. The summed E-state index contributed by atoms with van der Waals surface area (Å²) in [5.74, 6) is 0.0874. The summed E-state index contributed by atoms with van der Waals surface area (Å²) in [6, 6.07) is 2.14. The minimum absolute atomic E-state index is 0.0874. The van der Waals surface area contributed by atoms with Gasteiger partial charge in [-0.1, -0.05) is 0 Å². The van der Waals surface area contributed by atoms with Crippen molar-refractivity contribution in [3.63, 3.8) is 0 Å². The van der Waals surface area contributed by atoms with Gasteiger partial charge in [0.25, 0.3) is 0 Å². The molecule has 0 radical (unpaired) electrons. The van der Waals surface area contributed by atoms with Gasteiger partial charge in [0.05, 0.1) is 12.5 Å². The van der Waals surface area contributed by atoms with Crippen LogP contribution < -0.4 is 10.6 Å². The highest BCUT2D eigenvalue weighted by molar-refractivity contribution is 5.75. The first kappa shape index (κ1) is 11.8. The molecular formula is C11H18N2O2. The maximum atomic E-state index is 11.1. The quantitative estimate of drug-likeness (QED) is 0.747. The van der Waals surface area contributed by atoms with E-state index in [1.165, 1.54) is 0 Å². The van der Waals surface area contributed by atoms with E-state index in [4.69, 9.17) is 4.42 Å². The molecule has 0 fully saturated rings. The van der Waals surface area contributed by atoms with Crippen LogP contribution >= 0.6 is 0 Å². The fourth-order valence-electron chi connectivity index (χ4n) is 1.33. The molecule has 0 saturated carbocycles. The van der Waals surface area contributed by atoms with Crippen LogP contribution in [0.5, 0.6) is 0 Å². The van der Waals surface area contributed by atoms with E-state index in [2.05, 4.69) is 10.6 Å². The number of rotatable bonds is 6. The molecule has 1 aromatic heterocycles. The summed E-state index contributed by atoms with van der Waals surface area (Å²) in [6.07, 6.45) is 3.87. The van der Waals surface area contributed by atoms with Crippen LogP contribution in [-0.4, -0.2) is 19.0 Å². The van der Waals surface area contributed by atoms with Crippen molar-refractivity contribution in [2.45, 2.75) is 26.3 Å². The van der Waals surface area contributed by atoms with Crippen molar-refractivity contribution in [3.8, 4) is 0 Å². The number of amides is 1. The third-order valence-electron chi connectivity index (χ3n) is 2.22. The van der Waals surface area contributed by atoms with Crippen LogP contribution in [0, 0.1) is 0 Å². The molecule has 1 rings (SSSR count). The normalized spacial score (nSPS) is 12.4. The Bertz CT molecular complexity index is 283. The molecule has 1 amide bonds. The molecule has 15 heavy (non-hydrogen) atoms. The van der Waals surface area contributed by atoms with E-state index in [0.29, 0.717) is 19.5 Å². The van der Waals surface area contributed by atoms with Gasteiger partial charge in [-0.05, 0) is 19.9 Å². The lowest BCUT2D eigenvalue weighted by Gasteiger charge is -2.11.